The summed E-state index contributed by atoms with van der Waals surface area (Å²) in [6.07, 6.45) is 0.903. The van der Waals surface area contributed by atoms with Crippen molar-refractivity contribution in [3.05, 3.63) is 29.3 Å². The van der Waals surface area contributed by atoms with E-state index in [0.717, 1.165) is 23.2 Å². The smallest absolute Gasteiger partial charge is 0.234 e. The second-order valence-corrected chi connectivity index (χ2v) is 4.90. The predicted molar refractivity (Wildman–Crippen MR) is 65.3 cm³/mol. The minimum Gasteiger partial charge on any atom is -0.325 e. The molecular weight excluding hydrogens is 200 g/mol. The normalized spacial score (nSPS) is 19.1. The van der Waals surface area contributed by atoms with Gasteiger partial charge in [-0.15, -0.1) is 0 Å². The SMILES string of the molecule is CCC(N)c1ccc2c(c1)C(C)(C)C(=O)N2. The van der Waals surface area contributed by atoms with Crippen LogP contribution >= 0.6 is 0 Å². The molecule has 3 nitrogen and oxygen atoms in total. The van der Waals surface area contributed by atoms with E-state index in [-0.39, 0.29) is 11.9 Å². The van der Waals surface area contributed by atoms with Gasteiger partial charge in [-0.25, -0.2) is 0 Å². The highest BCUT2D eigenvalue weighted by Crippen LogP contribution is 2.38. The first-order chi connectivity index (χ1) is 7.46. The van der Waals surface area contributed by atoms with Gasteiger partial charge in [-0.3, -0.25) is 4.79 Å². The van der Waals surface area contributed by atoms with Gasteiger partial charge in [-0.2, -0.15) is 0 Å². The summed E-state index contributed by atoms with van der Waals surface area (Å²) in [4.78, 5) is 11.8. The molecule has 1 aromatic carbocycles. The molecule has 0 spiro atoms. The third-order valence-electron chi connectivity index (χ3n) is 3.40. The minimum absolute atomic E-state index is 0.0526. The van der Waals surface area contributed by atoms with Gasteiger partial charge >= 0.3 is 0 Å². The lowest BCUT2D eigenvalue weighted by Crippen LogP contribution is -2.27. The van der Waals surface area contributed by atoms with E-state index >= 15 is 0 Å². The number of carbonyl (C=O) groups excluding carboxylic acids is 1. The Morgan fingerprint density at radius 1 is 1.44 bits per heavy atom. The summed E-state index contributed by atoms with van der Waals surface area (Å²) in [7, 11) is 0. The van der Waals surface area contributed by atoms with Gasteiger partial charge in [0.05, 0.1) is 5.41 Å². The number of rotatable bonds is 2. The summed E-state index contributed by atoms with van der Waals surface area (Å²) in [6, 6.07) is 6.06. The fourth-order valence-electron chi connectivity index (χ4n) is 2.06. The van der Waals surface area contributed by atoms with Crippen LogP contribution in [0.25, 0.3) is 0 Å². The molecule has 86 valence electrons. The number of amides is 1. The van der Waals surface area contributed by atoms with Crippen LogP contribution in [0.2, 0.25) is 0 Å². The van der Waals surface area contributed by atoms with Crippen molar-refractivity contribution in [2.45, 2.75) is 38.6 Å². The number of anilines is 1. The van der Waals surface area contributed by atoms with Crippen LogP contribution in [0.4, 0.5) is 5.69 Å². The molecule has 0 bridgehead atoms. The van der Waals surface area contributed by atoms with Gasteiger partial charge in [-0.05, 0) is 37.5 Å². The molecule has 1 heterocycles. The average Bonchev–Trinajstić information content (AvgIpc) is 2.49. The molecule has 1 aliphatic rings. The molecule has 2 rings (SSSR count). The summed E-state index contributed by atoms with van der Waals surface area (Å²) in [5.74, 6) is 0.0599. The van der Waals surface area contributed by atoms with E-state index in [4.69, 9.17) is 5.73 Å². The maximum absolute atomic E-state index is 11.8. The summed E-state index contributed by atoms with van der Waals surface area (Å²) >= 11 is 0. The molecule has 3 heteroatoms. The fraction of sp³-hybridized carbons (Fsp3) is 0.462. The number of hydrogen-bond donors (Lipinski definition) is 2. The summed E-state index contributed by atoms with van der Waals surface area (Å²) in [5, 5.41) is 2.89. The van der Waals surface area contributed by atoms with E-state index < -0.39 is 5.41 Å². The molecule has 3 N–H and O–H groups in total. The van der Waals surface area contributed by atoms with Crippen molar-refractivity contribution in [2.24, 2.45) is 5.73 Å². The molecule has 1 atom stereocenters. The molecular formula is C13H18N2O. The number of hydrogen-bond acceptors (Lipinski definition) is 2. The van der Waals surface area contributed by atoms with Crippen LogP contribution in [-0.4, -0.2) is 5.91 Å². The van der Waals surface area contributed by atoms with E-state index in [1.54, 1.807) is 0 Å². The van der Waals surface area contributed by atoms with Gasteiger partial charge in [-0.1, -0.05) is 19.1 Å². The molecule has 16 heavy (non-hydrogen) atoms. The van der Waals surface area contributed by atoms with Crippen molar-refractivity contribution < 1.29 is 4.79 Å². The first-order valence-electron chi connectivity index (χ1n) is 5.68. The highest BCUT2D eigenvalue weighted by Gasteiger charge is 2.38. The Balaban J connectivity index is 2.48. The van der Waals surface area contributed by atoms with E-state index in [9.17, 15) is 4.79 Å². The van der Waals surface area contributed by atoms with Crippen LogP contribution in [-0.2, 0) is 10.2 Å². The van der Waals surface area contributed by atoms with E-state index in [1.165, 1.54) is 0 Å². The lowest BCUT2D eigenvalue weighted by molar-refractivity contribution is -0.119. The maximum atomic E-state index is 11.8. The molecule has 0 aromatic heterocycles. The molecule has 0 saturated carbocycles. The van der Waals surface area contributed by atoms with Crippen molar-refractivity contribution in [3.8, 4) is 0 Å². The highest BCUT2D eigenvalue weighted by atomic mass is 16.2. The van der Waals surface area contributed by atoms with Gasteiger partial charge in [0.15, 0.2) is 0 Å². The highest BCUT2D eigenvalue weighted by molar-refractivity contribution is 6.05. The first kappa shape index (κ1) is 11.1. The minimum atomic E-state index is -0.446. The lowest BCUT2D eigenvalue weighted by Gasteiger charge is -2.17. The zero-order chi connectivity index (χ0) is 11.9. The standard InChI is InChI=1S/C13H18N2O/c1-4-10(14)8-5-6-11-9(7-8)13(2,3)12(16)15-11/h5-7,10H,4,14H2,1-3H3,(H,15,16). The third kappa shape index (κ3) is 1.52. The Kier molecular flexibility index (Phi) is 2.50. The van der Waals surface area contributed by atoms with Crippen LogP contribution in [0, 0.1) is 0 Å². The van der Waals surface area contributed by atoms with Crippen molar-refractivity contribution in [2.75, 3.05) is 5.32 Å². The van der Waals surface area contributed by atoms with Crippen molar-refractivity contribution >= 4 is 11.6 Å². The number of benzene rings is 1. The summed E-state index contributed by atoms with van der Waals surface area (Å²) < 4.78 is 0. The van der Waals surface area contributed by atoms with Crippen LogP contribution < -0.4 is 11.1 Å². The number of fused-ring (bicyclic) bond motifs is 1. The molecule has 1 aromatic rings. The van der Waals surface area contributed by atoms with Gasteiger partial charge < -0.3 is 11.1 Å². The number of nitrogens with two attached hydrogens (primary N) is 1. The molecule has 1 unspecified atom stereocenters. The number of carbonyl (C=O) groups is 1. The van der Waals surface area contributed by atoms with E-state index in [0.29, 0.717) is 0 Å². The summed E-state index contributed by atoms with van der Waals surface area (Å²) in [6.45, 7) is 5.94. The predicted octanol–water partition coefficient (Wildman–Crippen LogP) is 2.33. The molecule has 1 amide bonds. The largest absolute Gasteiger partial charge is 0.325 e. The zero-order valence-corrected chi connectivity index (χ0v) is 10.0. The maximum Gasteiger partial charge on any atom is 0.234 e. The first-order valence-corrected chi connectivity index (χ1v) is 5.68. The molecule has 0 fully saturated rings. The molecule has 0 radical (unpaired) electrons. The Labute approximate surface area is 96.0 Å². The fourth-order valence-corrected chi connectivity index (χ4v) is 2.06. The van der Waals surface area contributed by atoms with Gasteiger partial charge in [0, 0.05) is 11.7 Å². The average molecular weight is 218 g/mol. The monoisotopic (exact) mass is 218 g/mol. The Hall–Kier alpha value is -1.35. The molecule has 0 aliphatic carbocycles. The van der Waals surface area contributed by atoms with Crippen LogP contribution in [0.5, 0.6) is 0 Å². The Morgan fingerprint density at radius 3 is 2.75 bits per heavy atom. The quantitative estimate of drug-likeness (QED) is 0.800. The van der Waals surface area contributed by atoms with Crippen molar-refractivity contribution in [1.29, 1.82) is 0 Å². The third-order valence-corrected chi connectivity index (χ3v) is 3.40. The van der Waals surface area contributed by atoms with Crippen LogP contribution in [0.15, 0.2) is 18.2 Å². The van der Waals surface area contributed by atoms with Crippen molar-refractivity contribution in [3.63, 3.8) is 0 Å². The second kappa shape index (κ2) is 3.59. The zero-order valence-electron chi connectivity index (χ0n) is 10.0. The van der Waals surface area contributed by atoms with E-state index in [2.05, 4.69) is 18.3 Å². The van der Waals surface area contributed by atoms with Crippen LogP contribution in [0.1, 0.15) is 44.4 Å². The Morgan fingerprint density at radius 2 is 2.12 bits per heavy atom. The molecule has 1 aliphatic heterocycles. The van der Waals surface area contributed by atoms with Gasteiger partial charge in [0.1, 0.15) is 0 Å². The van der Waals surface area contributed by atoms with Crippen LogP contribution in [0.3, 0.4) is 0 Å². The van der Waals surface area contributed by atoms with E-state index in [1.807, 2.05) is 26.0 Å². The topological polar surface area (TPSA) is 55.1 Å². The second-order valence-electron chi connectivity index (χ2n) is 4.90. The Bertz CT molecular complexity index is 438. The van der Waals surface area contributed by atoms with Gasteiger partial charge in [0.2, 0.25) is 5.91 Å². The van der Waals surface area contributed by atoms with Crippen molar-refractivity contribution in [1.82, 2.24) is 0 Å². The molecule has 0 saturated heterocycles. The van der Waals surface area contributed by atoms with Gasteiger partial charge in [0.25, 0.3) is 0 Å². The number of nitrogens with one attached hydrogen (secondary N) is 1. The summed E-state index contributed by atoms with van der Waals surface area (Å²) in [5.41, 5.74) is 8.64. The lowest BCUT2D eigenvalue weighted by atomic mass is 9.84.